The van der Waals surface area contributed by atoms with Gasteiger partial charge in [-0.05, 0) is 49.8 Å². The van der Waals surface area contributed by atoms with Crippen molar-refractivity contribution >= 4 is 39.1 Å². The Morgan fingerprint density at radius 2 is 1.65 bits per heavy atom. The molecule has 1 heterocycles. The number of nitrogens with zero attached hydrogens (tertiary/aromatic N) is 1. The minimum Gasteiger partial charge on any atom is -0.356 e. The predicted octanol–water partition coefficient (Wildman–Crippen LogP) is 6.14. The molecule has 178 valence electrons. The third-order valence-corrected chi connectivity index (χ3v) is 8.62. The van der Waals surface area contributed by atoms with Gasteiger partial charge in [-0.2, -0.15) is 4.31 Å². The fourth-order valence-corrected chi connectivity index (χ4v) is 6.64. The number of amides is 1. The summed E-state index contributed by atoms with van der Waals surface area (Å²) in [5, 5.41) is 3.64. The number of sulfonamides is 1. The summed E-state index contributed by atoms with van der Waals surface area (Å²) in [5.41, 5.74) is 0. The largest absolute Gasteiger partial charge is 0.356 e. The van der Waals surface area contributed by atoms with Crippen molar-refractivity contribution in [2.75, 3.05) is 19.6 Å². The van der Waals surface area contributed by atoms with Crippen LogP contribution in [0.4, 0.5) is 0 Å². The van der Waals surface area contributed by atoms with Crippen molar-refractivity contribution in [1.29, 1.82) is 0 Å². The smallest absolute Gasteiger partial charge is 0.244 e. The first-order valence-electron chi connectivity index (χ1n) is 10.6. The highest BCUT2D eigenvalue weighted by Gasteiger charge is 2.32. The molecule has 1 aliphatic carbocycles. The van der Waals surface area contributed by atoms with E-state index in [1.54, 1.807) is 0 Å². The van der Waals surface area contributed by atoms with Crippen molar-refractivity contribution in [2.24, 2.45) is 11.8 Å². The highest BCUT2D eigenvalue weighted by Crippen LogP contribution is 2.30. The molecule has 5 nitrogen and oxygen atoms in total. The summed E-state index contributed by atoms with van der Waals surface area (Å²) in [4.78, 5) is 12.7. The van der Waals surface area contributed by atoms with Gasteiger partial charge in [0, 0.05) is 30.6 Å². The Labute approximate surface area is 198 Å². The second kappa shape index (κ2) is 13.0. The molecule has 1 atom stereocenters. The van der Waals surface area contributed by atoms with Gasteiger partial charge in [0.15, 0.2) is 0 Å². The number of nitrogens with one attached hydrogen (secondary N) is 1. The van der Waals surface area contributed by atoms with Crippen LogP contribution in [0.5, 0.6) is 0 Å². The van der Waals surface area contributed by atoms with Crippen LogP contribution in [0.2, 0.25) is 10.0 Å². The Hall–Kier alpha value is -0.820. The van der Waals surface area contributed by atoms with E-state index in [0.717, 1.165) is 38.5 Å². The second-order valence-corrected chi connectivity index (χ2v) is 11.0. The number of piperidine rings is 1. The van der Waals surface area contributed by atoms with Crippen molar-refractivity contribution in [3.05, 3.63) is 28.2 Å². The molecule has 0 bridgehead atoms. The van der Waals surface area contributed by atoms with Crippen LogP contribution >= 0.6 is 23.2 Å². The number of carbonyl (C=O) groups is 1. The van der Waals surface area contributed by atoms with E-state index < -0.39 is 10.0 Å². The Morgan fingerprint density at radius 1 is 1.00 bits per heavy atom. The number of halogens is 2. The Bertz CT molecular complexity index is 809. The number of carbonyl (C=O) groups excluding carboxylic acids is 1. The molecule has 1 amide bonds. The van der Waals surface area contributed by atoms with Crippen molar-refractivity contribution in [3.8, 4) is 0 Å². The number of hydrogen-bond acceptors (Lipinski definition) is 3. The van der Waals surface area contributed by atoms with Crippen LogP contribution < -0.4 is 5.32 Å². The molecule has 1 aromatic rings. The van der Waals surface area contributed by atoms with E-state index in [1.807, 2.05) is 0 Å². The van der Waals surface area contributed by atoms with Gasteiger partial charge in [-0.1, -0.05) is 70.2 Å². The minimum absolute atomic E-state index is 0. The zero-order valence-corrected chi connectivity index (χ0v) is 19.0. The number of rotatable bonds is 5. The molecular weight excluding hydrogens is 455 g/mol. The third kappa shape index (κ3) is 7.62. The average molecular weight is 494 g/mol. The van der Waals surface area contributed by atoms with Crippen LogP contribution in [0.25, 0.3) is 0 Å². The summed E-state index contributed by atoms with van der Waals surface area (Å²) >= 11 is 12.0. The van der Waals surface area contributed by atoms with E-state index in [-0.39, 0.29) is 42.5 Å². The molecule has 0 radical (unpaired) electrons. The molecule has 31 heavy (non-hydrogen) atoms. The normalized spacial score (nSPS) is 21.2. The highest BCUT2D eigenvalue weighted by atomic mass is 35.5. The van der Waals surface area contributed by atoms with Gasteiger partial charge in [-0.15, -0.1) is 0 Å². The van der Waals surface area contributed by atoms with Crippen molar-refractivity contribution < 1.29 is 13.2 Å². The predicted molar refractivity (Wildman–Crippen MR) is 130 cm³/mol. The van der Waals surface area contributed by atoms with Crippen LogP contribution in [0.1, 0.15) is 72.6 Å². The van der Waals surface area contributed by atoms with Gasteiger partial charge in [-0.3, -0.25) is 4.79 Å². The van der Waals surface area contributed by atoms with Crippen molar-refractivity contribution in [2.45, 2.75) is 77.5 Å². The van der Waals surface area contributed by atoms with Gasteiger partial charge in [0.2, 0.25) is 15.9 Å². The highest BCUT2D eigenvalue weighted by molar-refractivity contribution is 7.89. The maximum atomic E-state index is 13.0. The first-order chi connectivity index (χ1) is 13.9. The van der Waals surface area contributed by atoms with Crippen molar-refractivity contribution in [3.63, 3.8) is 0 Å². The van der Waals surface area contributed by atoms with E-state index in [0.29, 0.717) is 24.7 Å². The topological polar surface area (TPSA) is 66.5 Å². The first kappa shape index (κ1) is 28.2. The molecule has 0 spiro atoms. The maximum Gasteiger partial charge on any atom is 0.244 e. The lowest BCUT2D eigenvalue weighted by atomic mass is 9.90. The van der Waals surface area contributed by atoms with E-state index in [2.05, 4.69) is 5.32 Å². The molecule has 8 heteroatoms. The van der Waals surface area contributed by atoms with Crippen LogP contribution in [-0.2, 0) is 14.8 Å². The maximum absolute atomic E-state index is 13.0. The van der Waals surface area contributed by atoms with Gasteiger partial charge < -0.3 is 5.32 Å². The van der Waals surface area contributed by atoms with Crippen LogP contribution in [0, 0.1) is 11.8 Å². The van der Waals surface area contributed by atoms with E-state index >= 15 is 0 Å². The van der Waals surface area contributed by atoms with Gasteiger partial charge in [0.25, 0.3) is 0 Å². The van der Waals surface area contributed by atoms with Gasteiger partial charge in [-0.25, -0.2) is 8.42 Å². The molecule has 1 saturated carbocycles. The molecule has 2 fully saturated rings. The lowest BCUT2D eigenvalue weighted by molar-refractivity contribution is -0.125. The summed E-state index contributed by atoms with van der Waals surface area (Å²) in [7, 11) is -3.68. The molecule has 1 unspecified atom stereocenters. The zero-order chi connectivity index (χ0) is 20.9. The Morgan fingerprint density at radius 3 is 2.29 bits per heavy atom. The number of hydrogen-bond donors (Lipinski definition) is 1. The van der Waals surface area contributed by atoms with Gasteiger partial charge in [0.05, 0.1) is 5.02 Å². The first-order valence-corrected chi connectivity index (χ1v) is 12.8. The lowest BCUT2D eigenvalue weighted by Gasteiger charge is -2.32. The summed E-state index contributed by atoms with van der Waals surface area (Å²) in [6.07, 6.45) is 9.56. The van der Waals surface area contributed by atoms with Crippen molar-refractivity contribution in [1.82, 2.24) is 9.62 Å². The fraction of sp³-hybridized carbons (Fsp3) is 0.696. The lowest BCUT2D eigenvalue weighted by Crippen LogP contribution is -2.44. The molecule has 2 aliphatic rings. The van der Waals surface area contributed by atoms with Crippen LogP contribution in [0.15, 0.2) is 23.1 Å². The molecule has 1 saturated heterocycles. The third-order valence-electron chi connectivity index (χ3n) is 6.03. The summed E-state index contributed by atoms with van der Waals surface area (Å²) in [6.45, 7) is 1.39. The van der Waals surface area contributed by atoms with Gasteiger partial charge in [0.1, 0.15) is 4.90 Å². The molecule has 3 rings (SSSR count). The molecule has 1 N–H and O–H groups in total. The Balaban J connectivity index is 0.00000240. The number of benzene rings is 1. The van der Waals surface area contributed by atoms with Gasteiger partial charge >= 0.3 is 0 Å². The second-order valence-electron chi connectivity index (χ2n) is 8.23. The van der Waals surface area contributed by atoms with Crippen LogP contribution in [-0.4, -0.2) is 38.3 Å². The molecule has 1 aromatic carbocycles. The summed E-state index contributed by atoms with van der Waals surface area (Å²) < 4.78 is 27.5. The Kier molecular flexibility index (Phi) is 11.9. The fourth-order valence-electron chi connectivity index (χ4n) is 4.34. The molecule has 0 aromatic heterocycles. The summed E-state index contributed by atoms with van der Waals surface area (Å²) in [6, 6.07) is 4.45. The quantitative estimate of drug-likeness (QED) is 0.536. The van der Waals surface area contributed by atoms with Crippen LogP contribution in [0.3, 0.4) is 0 Å². The zero-order valence-electron chi connectivity index (χ0n) is 16.7. The minimum atomic E-state index is -3.68. The summed E-state index contributed by atoms with van der Waals surface area (Å²) in [5.74, 6) is 0.348. The molecular formula is C23H38Cl2N2O3S. The van der Waals surface area contributed by atoms with E-state index in [9.17, 15) is 13.2 Å². The van der Waals surface area contributed by atoms with E-state index in [1.165, 1.54) is 41.8 Å². The average Bonchev–Trinajstić information content (AvgIpc) is 2.66. The SMILES string of the molecule is C.C.O=C(NCC1CCCN(S(=O)(=O)c2ccc(Cl)cc2Cl)C1)C1CCCCCCC1. The monoisotopic (exact) mass is 492 g/mol. The molecule has 1 aliphatic heterocycles. The standard InChI is InChI=1S/C21H30Cl2N2O3S.2CH4/c22-18-10-11-20(19(23)13-18)29(27,28)25-12-6-7-16(15-25)14-24-21(26)17-8-4-2-1-3-5-9-17;;/h10-11,13,16-17H,1-9,12,14-15H2,(H,24,26);2*1H4. The van der Waals surface area contributed by atoms with E-state index in [4.69, 9.17) is 23.2 Å².